The first kappa shape index (κ1) is 13.9. The van der Waals surface area contributed by atoms with E-state index in [0.717, 1.165) is 6.07 Å². The van der Waals surface area contributed by atoms with Gasteiger partial charge in [-0.15, -0.1) is 0 Å². The zero-order valence-electron chi connectivity index (χ0n) is 10.1. The average Bonchev–Trinajstić information content (AvgIpc) is 2.26. The fourth-order valence-electron chi connectivity index (χ4n) is 2.23. The number of alkyl halides is 3. The van der Waals surface area contributed by atoms with Crippen molar-refractivity contribution in [3.8, 4) is 0 Å². The molecule has 2 unspecified atom stereocenters. The van der Waals surface area contributed by atoms with Gasteiger partial charge in [-0.25, -0.2) is 0 Å². The van der Waals surface area contributed by atoms with Crippen molar-refractivity contribution in [1.29, 1.82) is 0 Å². The second-order valence-electron chi connectivity index (χ2n) is 4.66. The van der Waals surface area contributed by atoms with Gasteiger partial charge in [0.25, 0.3) is 0 Å². The van der Waals surface area contributed by atoms with Crippen LogP contribution in [0.25, 0.3) is 0 Å². The van der Waals surface area contributed by atoms with E-state index in [4.69, 9.17) is 5.11 Å². The Morgan fingerprint density at radius 3 is 2.53 bits per heavy atom. The summed E-state index contributed by atoms with van der Waals surface area (Å²) < 4.78 is 38.3. The van der Waals surface area contributed by atoms with Crippen molar-refractivity contribution in [2.24, 2.45) is 5.92 Å². The molecule has 1 aliphatic rings. The van der Waals surface area contributed by atoms with Crippen LogP contribution >= 0.6 is 0 Å². The number of nitrogens with one attached hydrogen (secondary N) is 1. The van der Waals surface area contributed by atoms with E-state index in [0.29, 0.717) is 12.8 Å². The maximum atomic E-state index is 12.8. The molecule has 1 aliphatic carbocycles. The Balaban J connectivity index is 2.02. The van der Waals surface area contributed by atoms with Gasteiger partial charge >= 0.3 is 12.1 Å². The molecule has 1 aromatic carbocycles. The normalized spacial score (nSPS) is 22.9. The molecule has 1 aromatic rings. The van der Waals surface area contributed by atoms with E-state index in [2.05, 4.69) is 5.32 Å². The molecule has 1 saturated carbocycles. The highest BCUT2D eigenvalue weighted by molar-refractivity contribution is 5.72. The number of carboxylic acid groups (broad SMARTS) is 1. The Bertz CT molecular complexity index is 473. The van der Waals surface area contributed by atoms with Gasteiger partial charge in [-0.2, -0.15) is 13.2 Å². The molecule has 2 atom stereocenters. The number of hydrogen-bond acceptors (Lipinski definition) is 2. The highest BCUT2D eigenvalue weighted by atomic mass is 19.4. The number of carboxylic acids is 1. The van der Waals surface area contributed by atoms with Crippen LogP contribution in [0.4, 0.5) is 13.2 Å². The van der Waals surface area contributed by atoms with E-state index in [1.165, 1.54) is 12.1 Å². The highest BCUT2D eigenvalue weighted by Gasteiger charge is 2.37. The predicted molar refractivity (Wildman–Crippen MR) is 62.4 cm³/mol. The Hall–Kier alpha value is -1.56. The van der Waals surface area contributed by atoms with Gasteiger partial charge in [0, 0.05) is 12.6 Å². The van der Waals surface area contributed by atoms with Crippen molar-refractivity contribution < 1.29 is 23.1 Å². The molecule has 104 valence electrons. The molecule has 0 bridgehead atoms. The molecule has 6 heteroatoms. The number of benzene rings is 1. The molecule has 0 aromatic heterocycles. The van der Waals surface area contributed by atoms with E-state index >= 15 is 0 Å². The second kappa shape index (κ2) is 5.21. The van der Waals surface area contributed by atoms with E-state index in [-0.39, 0.29) is 18.2 Å². The minimum absolute atomic E-state index is 0.0319. The van der Waals surface area contributed by atoms with Gasteiger partial charge in [-0.1, -0.05) is 18.2 Å². The fourth-order valence-corrected chi connectivity index (χ4v) is 2.23. The Labute approximate surface area is 108 Å². The lowest BCUT2D eigenvalue weighted by molar-refractivity contribution is -0.146. The minimum atomic E-state index is -4.38. The molecule has 2 rings (SSSR count). The first-order valence-electron chi connectivity index (χ1n) is 6.01. The molecular weight excluding hydrogens is 259 g/mol. The van der Waals surface area contributed by atoms with Crippen LogP contribution in [0.3, 0.4) is 0 Å². The van der Waals surface area contributed by atoms with Gasteiger partial charge in [-0.05, 0) is 24.5 Å². The summed E-state index contributed by atoms with van der Waals surface area (Å²) in [7, 11) is 0. The Kier molecular flexibility index (Phi) is 3.80. The monoisotopic (exact) mass is 273 g/mol. The topological polar surface area (TPSA) is 49.3 Å². The molecule has 3 nitrogen and oxygen atoms in total. The molecular formula is C13H14F3NO2. The maximum Gasteiger partial charge on any atom is 0.416 e. The third-order valence-electron chi connectivity index (χ3n) is 3.47. The van der Waals surface area contributed by atoms with E-state index in [9.17, 15) is 18.0 Å². The maximum absolute atomic E-state index is 12.8. The summed E-state index contributed by atoms with van der Waals surface area (Å²) in [6.45, 7) is 0.0319. The van der Waals surface area contributed by atoms with Crippen molar-refractivity contribution >= 4 is 5.97 Å². The Morgan fingerprint density at radius 2 is 2.00 bits per heavy atom. The molecule has 0 radical (unpaired) electrons. The molecule has 0 saturated heterocycles. The Morgan fingerprint density at radius 1 is 1.32 bits per heavy atom. The second-order valence-corrected chi connectivity index (χ2v) is 4.66. The highest BCUT2D eigenvalue weighted by Crippen LogP contribution is 2.33. The average molecular weight is 273 g/mol. The molecule has 19 heavy (non-hydrogen) atoms. The number of hydrogen-bond donors (Lipinski definition) is 2. The molecule has 0 amide bonds. The summed E-state index contributed by atoms with van der Waals surface area (Å²) in [5.41, 5.74) is -0.528. The summed E-state index contributed by atoms with van der Waals surface area (Å²) in [4.78, 5) is 10.8. The van der Waals surface area contributed by atoms with Crippen LogP contribution < -0.4 is 5.32 Å². The zero-order chi connectivity index (χ0) is 14.0. The van der Waals surface area contributed by atoms with Crippen molar-refractivity contribution in [2.75, 3.05) is 0 Å². The van der Waals surface area contributed by atoms with Gasteiger partial charge in [0.1, 0.15) is 0 Å². The SMILES string of the molecule is O=C(O)C1CCC1NCc1ccccc1C(F)(F)F. The summed E-state index contributed by atoms with van der Waals surface area (Å²) >= 11 is 0. The molecule has 0 aliphatic heterocycles. The fraction of sp³-hybridized carbons (Fsp3) is 0.462. The molecule has 2 N–H and O–H groups in total. The van der Waals surface area contributed by atoms with Gasteiger partial charge in [-0.3, -0.25) is 4.79 Å². The van der Waals surface area contributed by atoms with E-state index in [1.54, 1.807) is 6.07 Å². The standard InChI is InChI=1S/C13H14F3NO2/c14-13(15,16)10-4-2-1-3-8(10)7-17-11-6-5-9(11)12(18)19/h1-4,9,11,17H,5-7H2,(H,18,19). The molecule has 1 fully saturated rings. The van der Waals surface area contributed by atoms with Gasteiger partial charge < -0.3 is 10.4 Å². The van der Waals surface area contributed by atoms with Crippen LogP contribution in [0.15, 0.2) is 24.3 Å². The number of rotatable bonds is 4. The summed E-state index contributed by atoms with van der Waals surface area (Å²) in [5, 5.41) is 11.8. The summed E-state index contributed by atoms with van der Waals surface area (Å²) in [6, 6.07) is 5.09. The summed E-state index contributed by atoms with van der Waals surface area (Å²) in [5.74, 6) is -1.38. The lowest BCUT2D eigenvalue weighted by atomic mass is 9.79. The number of halogens is 3. The van der Waals surface area contributed by atoms with Crippen LogP contribution in [0.1, 0.15) is 24.0 Å². The van der Waals surface area contributed by atoms with Crippen molar-refractivity contribution in [3.05, 3.63) is 35.4 Å². The number of aliphatic carboxylic acids is 1. The van der Waals surface area contributed by atoms with E-state index in [1.807, 2.05) is 0 Å². The van der Waals surface area contributed by atoms with Crippen molar-refractivity contribution in [1.82, 2.24) is 5.32 Å². The van der Waals surface area contributed by atoms with Gasteiger partial charge in [0.05, 0.1) is 11.5 Å². The van der Waals surface area contributed by atoms with Gasteiger partial charge in [0.15, 0.2) is 0 Å². The van der Waals surface area contributed by atoms with Gasteiger partial charge in [0.2, 0.25) is 0 Å². The van der Waals surface area contributed by atoms with E-state index < -0.39 is 23.6 Å². The van der Waals surface area contributed by atoms with Crippen LogP contribution in [0.2, 0.25) is 0 Å². The minimum Gasteiger partial charge on any atom is -0.481 e. The van der Waals surface area contributed by atoms with Crippen molar-refractivity contribution in [2.45, 2.75) is 31.6 Å². The first-order valence-corrected chi connectivity index (χ1v) is 6.01. The van der Waals surface area contributed by atoms with Crippen molar-refractivity contribution in [3.63, 3.8) is 0 Å². The van der Waals surface area contributed by atoms with Crippen LogP contribution in [-0.2, 0) is 17.5 Å². The van der Waals surface area contributed by atoms with Crippen LogP contribution in [0.5, 0.6) is 0 Å². The van der Waals surface area contributed by atoms with Crippen LogP contribution in [-0.4, -0.2) is 17.1 Å². The molecule has 0 heterocycles. The zero-order valence-corrected chi connectivity index (χ0v) is 10.1. The third-order valence-corrected chi connectivity index (χ3v) is 3.47. The summed E-state index contributed by atoms with van der Waals surface area (Å²) in [6.07, 6.45) is -3.12. The number of carbonyl (C=O) groups is 1. The largest absolute Gasteiger partial charge is 0.481 e. The third kappa shape index (κ3) is 3.07. The first-order chi connectivity index (χ1) is 8.89. The quantitative estimate of drug-likeness (QED) is 0.886. The smallest absolute Gasteiger partial charge is 0.416 e. The lowest BCUT2D eigenvalue weighted by Crippen LogP contribution is -2.47. The van der Waals surface area contributed by atoms with Crippen LogP contribution in [0, 0.1) is 5.92 Å². The molecule has 0 spiro atoms. The predicted octanol–water partition coefficient (Wildman–Crippen LogP) is 2.66. The lowest BCUT2D eigenvalue weighted by Gasteiger charge is -2.34.